The maximum Gasteiger partial charge on any atom is 0.335 e. The van der Waals surface area contributed by atoms with E-state index in [9.17, 15) is 9.18 Å². The fraction of sp³-hybridized carbons (Fsp3) is 0.0556. The summed E-state index contributed by atoms with van der Waals surface area (Å²) in [6.45, 7) is 1.85. The molecule has 0 spiro atoms. The van der Waals surface area contributed by atoms with E-state index in [1.807, 2.05) is 31.2 Å². The molecular weight excluding hydrogens is 267 g/mol. The maximum absolute atomic E-state index is 14.0. The van der Waals surface area contributed by atoms with Crippen molar-refractivity contribution in [1.29, 1.82) is 0 Å². The standard InChI is InChI=1S/C18H13FO2/c1-11-2-7-16(17(19)8-11)14-5-3-13-10-15(18(20)21)6-4-12(13)9-14/h2-10H,1H3,(H,20,21). The van der Waals surface area contributed by atoms with Crippen LogP contribution in [0.15, 0.2) is 54.6 Å². The van der Waals surface area contributed by atoms with E-state index in [1.165, 1.54) is 6.07 Å². The van der Waals surface area contributed by atoms with Crippen LogP contribution in [0, 0.1) is 12.7 Å². The molecule has 0 aliphatic heterocycles. The van der Waals surface area contributed by atoms with Crippen molar-refractivity contribution in [3.05, 3.63) is 71.5 Å². The van der Waals surface area contributed by atoms with E-state index >= 15 is 0 Å². The Balaban J connectivity index is 2.13. The van der Waals surface area contributed by atoms with Crippen LogP contribution < -0.4 is 0 Å². The topological polar surface area (TPSA) is 37.3 Å². The Bertz CT molecular complexity index is 853. The van der Waals surface area contributed by atoms with E-state index in [0.717, 1.165) is 21.9 Å². The Morgan fingerprint density at radius 2 is 1.67 bits per heavy atom. The molecule has 3 aromatic carbocycles. The molecule has 0 aliphatic rings. The first-order valence-corrected chi connectivity index (χ1v) is 6.58. The highest BCUT2D eigenvalue weighted by atomic mass is 19.1. The molecule has 0 atom stereocenters. The van der Waals surface area contributed by atoms with E-state index in [2.05, 4.69) is 0 Å². The molecule has 1 N–H and O–H groups in total. The average molecular weight is 280 g/mol. The van der Waals surface area contributed by atoms with Crippen molar-refractivity contribution in [2.75, 3.05) is 0 Å². The number of fused-ring (bicyclic) bond motifs is 1. The second-order valence-electron chi connectivity index (χ2n) is 5.07. The van der Waals surface area contributed by atoms with Crippen molar-refractivity contribution in [2.45, 2.75) is 6.92 Å². The zero-order valence-electron chi connectivity index (χ0n) is 11.4. The van der Waals surface area contributed by atoms with Gasteiger partial charge in [-0.05, 0) is 53.1 Å². The summed E-state index contributed by atoms with van der Waals surface area (Å²) >= 11 is 0. The van der Waals surface area contributed by atoms with Crippen LogP contribution in [-0.2, 0) is 0 Å². The number of benzene rings is 3. The lowest BCUT2D eigenvalue weighted by Crippen LogP contribution is -1.95. The van der Waals surface area contributed by atoms with Gasteiger partial charge in [-0.15, -0.1) is 0 Å². The van der Waals surface area contributed by atoms with Gasteiger partial charge in [-0.2, -0.15) is 0 Å². The third-order valence-corrected chi connectivity index (χ3v) is 3.52. The van der Waals surface area contributed by atoms with Crippen molar-refractivity contribution in [3.8, 4) is 11.1 Å². The quantitative estimate of drug-likeness (QED) is 0.741. The first-order chi connectivity index (χ1) is 10.0. The van der Waals surface area contributed by atoms with E-state index in [0.29, 0.717) is 5.56 Å². The number of carboxylic acid groups (broad SMARTS) is 1. The van der Waals surface area contributed by atoms with Gasteiger partial charge in [-0.25, -0.2) is 9.18 Å². The lowest BCUT2D eigenvalue weighted by molar-refractivity contribution is 0.0697. The normalized spacial score (nSPS) is 10.8. The van der Waals surface area contributed by atoms with Crippen LogP contribution in [-0.4, -0.2) is 11.1 Å². The van der Waals surface area contributed by atoms with Gasteiger partial charge in [0.1, 0.15) is 5.82 Å². The van der Waals surface area contributed by atoms with Crippen LogP contribution in [0.4, 0.5) is 4.39 Å². The van der Waals surface area contributed by atoms with E-state index in [4.69, 9.17) is 5.11 Å². The first-order valence-electron chi connectivity index (χ1n) is 6.58. The number of hydrogen-bond acceptors (Lipinski definition) is 1. The molecule has 0 bridgehead atoms. The fourth-order valence-electron chi connectivity index (χ4n) is 2.40. The molecule has 0 radical (unpaired) electrons. The van der Waals surface area contributed by atoms with Gasteiger partial charge < -0.3 is 5.11 Å². The summed E-state index contributed by atoms with van der Waals surface area (Å²) in [5, 5.41) is 10.7. The van der Waals surface area contributed by atoms with Crippen molar-refractivity contribution in [3.63, 3.8) is 0 Å². The molecule has 3 aromatic rings. The summed E-state index contributed by atoms with van der Waals surface area (Å²) in [7, 11) is 0. The van der Waals surface area contributed by atoms with Crippen molar-refractivity contribution >= 4 is 16.7 Å². The van der Waals surface area contributed by atoms with E-state index in [1.54, 1.807) is 24.3 Å². The van der Waals surface area contributed by atoms with Crippen LogP contribution >= 0.6 is 0 Å². The third kappa shape index (κ3) is 2.50. The number of carbonyl (C=O) groups is 1. The minimum Gasteiger partial charge on any atom is -0.478 e. The molecule has 0 saturated heterocycles. The average Bonchev–Trinajstić information content (AvgIpc) is 2.46. The third-order valence-electron chi connectivity index (χ3n) is 3.52. The van der Waals surface area contributed by atoms with Crippen molar-refractivity contribution in [1.82, 2.24) is 0 Å². The van der Waals surface area contributed by atoms with E-state index in [-0.39, 0.29) is 11.4 Å². The maximum atomic E-state index is 14.0. The number of rotatable bonds is 2. The highest BCUT2D eigenvalue weighted by molar-refractivity contribution is 5.95. The number of aryl methyl sites for hydroxylation is 1. The Morgan fingerprint density at radius 3 is 2.38 bits per heavy atom. The van der Waals surface area contributed by atoms with Crippen LogP contribution in [0.5, 0.6) is 0 Å². The largest absolute Gasteiger partial charge is 0.478 e. The predicted octanol–water partition coefficient (Wildman–Crippen LogP) is 4.65. The van der Waals surface area contributed by atoms with Gasteiger partial charge in [0.15, 0.2) is 0 Å². The Hall–Kier alpha value is -2.68. The molecule has 104 valence electrons. The van der Waals surface area contributed by atoms with Crippen LogP contribution in [0.1, 0.15) is 15.9 Å². The Morgan fingerprint density at radius 1 is 0.952 bits per heavy atom. The summed E-state index contributed by atoms with van der Waals surface area (Å²) in [6, 6.07) is 15.6. The molecule has 0 saturated carbocycles. The smallest absolute Gasteiger partial charge is 0.335 e. The van der Waals surface area contributed by atoms with Gasteiger partial charge in [0.25, 0.3) is 0 Å². The lowest BCUT2D eigenvalue weighted by atomic mass is 9.99. The molecule has 0 heterocycles. The second-order valence-corrected chi connectivity index (χ2v) is 5.07. The minimum atomic E-state index is -0.953. The minimum absolute atomic E-state index is 0.247. The van der Waals surface area contributed by atoms with Crippen molar-refractivity contribution in [2.24, 2.45) is 0 Å². The molecule has 2 nitrogen and oxygen atoms in total. The molecule has 0 aromatic heterocycles. The van der Waals surface area contributed by atoms with Gasteiger partial charge in [0.05, 0.1) is 5.56 Å². The van der Waals surface area contributed by atoms with Crippen molar-refractivity contribution < 1.29 is 14.3 Å². The van der Waals surface area contributed by atoms with Gasteiger partial charge in [0.2, 0.25) is 0 Å². The highest BCUT2D eigenvalue weighted by Gasteiger charge is 2.08. The predicted molar refractivity (Wildman–Crippen MR) is 81.0 cm³/mol. The number of aromatic carboxylic acids is 1. The van der Waals surface area contributed by atoms with Gasteiger partial charge in [-0.1, -0.05) is 30.3 Å². The summed E-state index contributed by atoms with van der Waals surface area (Å²) in [5.41, 5.74) is 2.45. The summed E-state index contributed by atoms with van der Waals surface area (Å²) < 4.78 is 14.0. The monoisotopic (exact) mass is 280 g/mol. The highest BCUT2D eigenvalue weighted by Crippen LogP contribution is 2.27. The van der Waals surface area contributed by atoms with Crippen LogP contribution in [0.2, 0.25) is 0 Å². The van der Waals surface area contributed by atoms with E-state index < -0.39 is 5.97 Å². The Labute approximate surface area is 121 Å². The molecule has 3 rings (SSSR count). The molecule has 0 aliphatic carbocycles. The molecular formula is C18H13FO2. The van der Waals surface area contributed by atoms with Gasteiger partial charge in [0, 0.05) is 5.56 Å². The summed E-state index contributed by atoms with van der Waals surface area (Å²) in [4.78, 5) is 11.0. The summed E-state index contributed by atoms with van der Waals surface area (Å²) in [6.07, 6.45) is 0. The molecule has 0 amide bonds. The zero-order valence-corrected chi connectivity index (χ0v) is 11.4. The SMILES string of the molecule is Cc1ccc(-c2ccc3cc(C(=O)O)ccc3c2)c(F)c1. The lowest BCUT2D eigenvalue weighted by Gasteiger charge is -2.07. The fourth-order valence-corrected chi connectivity index (χ4v) is 2.40. The van der Waals surface area contributed by atoms with Crippen LogP contribution in [0.25, 0.3) is 21.9 Å². The summed E-state index contributed by atoms with van der Waals surface area (Å²) in [5.74, 6) is -1.21. The van der Waals surface area contributed by atoms with Gasteiger partial charge in [-0.3, -0.25) is 0 Å². The molecule has 0 fully saturated rings. The van der Waals surface area contributed by atoms with Gasteiger partial charge >= 0.3 is 5.97 Å². The number of hydrogen-bond donors (Lipinski definition) is 1. The second kappa shape index (κ2) is 5.02. The number of carboxylic acids is 1. The Kier molecular flexibility index (Phi) is 3.18. The molecule has 3 heteroatoms. The molecule has 0 unspecified atom stereocenters. The number of halogens is 1. The molecule has 21 heavy (non-hydrogen) atoms. The van der Waals surface area contributed by atoms with Crippen LogP contribution in [0.3, 0.4) is 0 Å². The zero-order chi connectivity index (χ0) is 15.0. The first kappa shape index (κ1) is 13.3.